The first-order valence-electron chi connectivity index (χ1n) is 7.11. The van der Waals surface area contributed by atoms with E-state index in [0.717, 1.165) is 12.8 Å². The van der Waals surface area contributed by atoms with Gasteiger partial charge in [-0.15, -0.1) is 0 Å². The maximum Gasteiger partial charge on any atom is 0.242 e. The number of carbonyl (C=O) groups is 1. The molecule has 1 aromatic rings. The number of morpholine rings is 1. The van der Waals surface area contributed by atoms with Crippen molar-refractivity contribution in [3.8, 4) is 0 Å². The van der Waals surface area contributed by atoms with Crippen molar-refractivity contribution in [1.29, 1.82) is 0 Å². The third-order valence-electron chi connectivity index (χ3n) is 3.79. The topological polar surface area (TPSA) is 41.6 Å². The molecule has 0 aromatic heterocycles. The molecule has 20 heavy (non-hydrogen) atoms. The summed E-state index contributed by atoms with van der Waals surface area (Å²) in [6.07, 6.45) is 2.02. The summed E-state index contributed by atoms with van der Waals surface area (Å²) in [4.78, 5) is 14.4. The summed E-state index contributed by atoms with van der Waals surface area (Å²) in [7, 11) is 0. The van der Waals surface area contributed by atoms with Crippen LogP contribution < -0.4 is 5.32 Å². The normalized spacial score (nSPS) is 22.6. The number of rotatable bonds is 4. The molecule has 1 aliphatic heterocycles. The molecule has 1 unspecified atom stereocenters. The molecule has 1 aromatic carbocycles. The van der Waals surface area contributed by atoms with Crippen LogP contribution in [-0.4, -0.2) is 42.6 Å². The van der Waals surface area contributed by atoms with Gasteiger partial charge in [0.05, 0.1) is 13.2 Å². The number of amides is 1. The van der Waals surface area contributed by atoms with Gasteiger partial charge in [0.1, 0.15) is 11.9 Å². The zero-order valence-corrected chi connectivity index (χ0v) is 11.3. The minimum Gasteiger partial charge on any atom is -0.378 e. The summed E-state index contributed by atoms with van der Waals surface area (Å²) in [6.45, 7) is 2.07. The summed E-state index contributed by atoms with van der Waals surface area (Å²) in [5.41, 5.74) is 0.574. The average molecular weight is 278 g/mol. The highest BCUT2D eigenvalue weighted by atomic mass is 19.1. The Bertz CT molecular complexity index is 485. The Hall–Kier alpha value is -1.46. The molecule has 108 valence electrons. The van der Waals surface area contributed by atoms with Gasteiger partial charge in [0, 0.05) is 24.7 Å². The van der Waals surface area contributed by atoms with Crippen LogP contribution in [0.5, 0.6) is 0 Å². The monoisotopic (exact) mass is 278 g/mol. The Morgan fingerprint density at radius 1 is 1.40 bits per heavy atom. The predicted octanol–water partition coefficient (Wildman–Crippen LogP) is 1.31. The van der Waals surface area contributed by atoms with Crippen molar-refractivity contribution in [2.45, 2.75) is 31.5 Å². The van der Waals surface area contributed by atoms with Crippen LogP contribution in [0.3, 0.4) is 0 Å². The van der Waals surface area contributed by atoms with Crippen LogP contribution in [0.25, 0.3) is 0 Å². The van der Waals surface area contributed by atoms with Gasteiger partial charge >= 0.3 is 0 Å². The smallest absolute Gasteiger partial charge is 0.242 e. The summed E-state index contributed by atoms with van der Waals surface area (Å²) < 4.78 is 19.1. The first-order valence-corrected chi connectivity index (χ1v) is 7.11. The molecule has 1 heterocycles. The molecule has 1 atom stereocenters. The lowest BCUT2D eigenvalue weighted by Gasteiger charge is -2.30. The standard InChI is InChI=1S/C15H19FN2O2/c16-13-4-2-1-3-11(13)9-18(12-5-6-12)15(19)14-10-20-8-7-17-14/h1-4,12,14,17H,5-10H2. The van der Waals surface area contributed by atoms with Crippen molar-refractivity contribution in [2.75, 3.05) is 19.8 Å². The lowest BCUT2D eigenvalue weighted by molar-refractivity contribution is -0.137. The van der Waals surface area contributed by atoms with E-state index in [9.17, 15) is 9.18 Å². The Morgan fingerprint density at radius 2 is 2.20 bits per heavy atom. The van der Waals surface area contributed by atoms with Gasteiger partial charge in [0.2, 0.25) is 5.91 Å². The number of hydrogen-bond acceptors (Lipinski definition) is 3. The number of nitrogens with one attached hydrogen (secondary N) is 1. The van der Waals surface area contributed by atoms with Gasteiger partial charge in [0.25, 0.3) is 0 Å². The summed E-state index contributed by atoms with van der Waals surface area (Å²) in [6, 6.07) is 6.60. The molecule has 1 aliphatic carbocycles. The summed E-state index contributed by atoms with van der Waals surface area (Å²) in [5, 5.41) is 3.17. The fourth-order valence-corrected chi connectivity index (χ4v) is 2.51. The fourth-order valence-electron chi connectivity index (χ4n) is 2.51. The van der Waals surface area contributed by atoms with Crippen molar-refractivity contribution in [3.63, 3.8) is 0 Å². The quantitative estimate of drug-likeness (QED) is 0.903. The fraction of sp³-hybridized carbons (Fsp3) is 0.533. The van der Waals surface area contributed by atoms with E-state index in [0.29, 0.717) is 31.9 Å². The lowest BCUT2D eigenvalue weighted by atomic mass is 10.1. The van der Waals surface area contributed by atoms with Gasteiger partial charge < -0.3 is 15.0 Å². The largest absolute Gasteiger partial charge is 0.378 e. The molecule has 4 nitrogen and oxygen atoms in total. The first kappa shape index (κ1) is 13.5. The van der Waals surface area contributed by atoms with Gasteiger partial charge in [-0.2, -0.15) is 0 Å². The van der Waals surface area contributed by atoms with Crippen molar-refractivity contribution >= 4 is 5.91 Å². The Morgan fingerprint density at radius 3 is 2.85 bits per heavy atom. The second-order valence-corrected chi connectivity index (χ2v) is 5.37. The van der Waals surface area contributed by atoms with Gasteiger partial charge in [0.15, 0.2) is 0 Å². The van der Waals surface area contributed by atoms with Crippen LogP contribution >= 0.6 is 0 Å². The molecule has 0 radical (unpaired) electrons. The van der Waals surface area contributed by atoms with Crippen molar-refractivity contribution < 1.29 is 13.9 Å². The van der Waals surface area contributed by atoms with E-state index < -0.39 is 0 Å². The number of halogens is 1. The lowest BCUT2D eigenvalue weighted by Crippen LogP contribution is -2.53. The molecule has 0 spiro atoms. The summed E-state index contributed by atoms with van der Waals surface area (Å²) >= 11 is 0. The van der Waals surface area contributed by atoms with Gasteiger partial charge in [-0.05, 0) is 18.9 Å². The summed E-state index contributed by atoms with van der Waals surface area (Å²) in [5.74, 6) is -0.228. The van der Waals surface area contributed by atoms with E-state index in [1.54, 1.807) is 23.1 Å². The minimum atomic E-state index is -0.295. The zero-order chi connectivity index (χ0) is 13.9. The number of benzene rings is 1. The van der Waals surface area contributed by atoms with Gasteiger partial charge in [-0.3, -0.25) is 4.79 Å². The van der Waals surface area contributed by atoms with E-state index in [1.807, 2.05) is 0 Å². The maximum absolute atomic E-state index is 13.8. The van der Waals surface area contributed by atoms with Gasteiger partial charge in [-0.25, -0.2) is 4.39 Å². The van der Waals surface area contributed by atoms with Gasteiger partial charge in [-0.1, -0.05) is 18.2 Å². The van der Waals surface area contributed by atoms with E-state index in [2.05, 4.69) is 5.32 Å². The molecule has 0 bridgehead atoms. The van der Waals surface area contributed by atoms with Crippen molar-refractivity contribution in [1.82, 2.24) is 10.2 Å². The third kappa shape index (κ3) is 2.99. The molecule has 1 saturated carbocycles. The molecule has 1 amide bonds. The number of ether oxygens (including phenoxy) is 1. The van der Waals surface area contributed by atoms with Crippen LogP contribution in [0, 0.1) is 5.82 Å². The Balaban J connectivity index is 1.72. The molecular weight excluding hydrogens is 259 g/mol. The highest BCUT2D eigenvalue weighted by molar-refractivity contribution is 5.82. The molecule has 2 fully saturated rings. The highest BCUT2D eigenvalue weighted by Gasteiger charge is 2.36. The SMILES string of the molecule is O=C(C1COCCN1)N(Cc1ccccc1F)C1CC1. The molecule has 5 heteroatoms. The number of nitrogens with zero attached hydrogens (tertiary/aromatic N) is 1. The zero-order valence-electron chi connectivity index (χ0n) is 11.3. The van der Waals surface area contributed by atoms with Crippen LogP contribution in [0.4, 0.5) is 4.39 Å². The van der Waals surface area contributed by atoms with E-state index in [1.165, 1.54) is 6.07 Å². The van der Waals surface area contributed by atoms with Crippen LogP contribution in [0.1, 0.15) is 18.4 Å². The van der Waals surface area contributed by atoms with E-state index >= 15 is 0 Å². The molecular formula is C15H19FN2O2. The van der Waals surface area contributed by atoms with Crippen LogP contribution in [0.2, 0.25) is 0 Å². The Kier molecular flexibility index (Phi) is 3.98. The van der Waals surface area contributed by atoms with Crippen LogP contribution in [-0.2, 0) is 16.1 Å². The average Bonchev–Trinajstić information content (AvgIpc) is 3.31. The highest BCUT2D eigenvalue weighted by Crippen LogP contribution is 2.29. The number of carbonyl (C=O) groups excluding carboxylic acids is 1. The maximum atomic E-state index is 13.8. The number of hydrogen-bond donors (Lipinski definition) is 1. The third-order valence-corrected chi connectivity index (χ3v) is 3.79. The van der Waals surface area contributed by atoms with E-state index in [-0.39, 0.29) is 23.8 Å². The molecule has 2 aliphatic rings. The Labute approximate surface area is 117 Å². The second kappa shape index (κ2) is 5.89. The second-order valence-electron chi connectivity index (χ2n) is 5.37. The van der Waals surface area contributed by atoms with Crippen LogP contribution in [0.15, 0.2) is 24.3 Å². The molecule has 1 N–H and O–H groups in total. The minimum absolute atomic E-state index is 0.0236. The van der Waals surface area contributed by atoms with E-state index in [4.69, 9.17) is 4.74 Å². The van der Waals surface area contributed by atoms with Crippen molar-refractivity contribution in [2.24, 2.45) is 0 Å². The molecule has 1 saturated heterocycles. The predicted molar refractivity (Wildman–Crippen MR) is 72.6 cm³/mol. The first-order chi connectivity index (χ1) is 9.75. The molecule has 3 rings (SSSR count). The van der Waals surface area contributed by atoms with Crippen molar-refractivity contribution in [3.05, 3.63) is 35.6 Å².